The number of hydrogen-bond acceptors (Lipinski definition) is 6. The fourth-order valence-electron chi connectivity index (χ4n) is 2.98. The number of amides is 1. The molecule has 31 heavy (non-hydrogen) atoms. The van der Waals surface area contributed by atoms with Gasteiger partial charge in [-0.25, -0.2) is 13.1 Å². The van der Waals surface area contributed by atoms with E-state index in [0.717, 1.165) is 17.7 Å². The Balaban J connectivity index is 1.36. The van der Waals surface area contributed by atoms with E-state index >= 15 is 0 Å². The number of nitrogens with one attached hydrogen (secondary N) is 2. The van der Waals surface area contributed by atoms with Crippen molar-refractivity contribution in [2.24, 2.45) is 0 Å². The lowest BCUT2D eigenvalue weighted by Crippen LogP contribution is -2.31. The molecular weight excluding hydrogens is 420 g/mol. The van der Waals surface area contributed by atoms with Crippen molar-refractivity contribution in [2.75, 3.05) is 32.9 Å². The highest BCUT2D eigenvalue weighted by molar-refractivity contribution is 7.89. The third-order valence-corrected chi connectivity index (χ3v) is 6.03. The maximum Gasteiger partial charge on any atom is 0.240 e. The molecule has 0 unspecified atom stereocenters. The molecule has 0 aliphatic carbocycles. The molecule has 1 heterocycles. The van der Waals surface area contributed by atoms with Crippen LogP contribution in [0.5, 0.6) is 17.2 Å². The van der Waals surface area contributed by atoms with Crippen LogP contribution in [0.4, 0.5) is 0 Å². The standard InChI is InChI=1S/C22H28N2O6S/c1-17-5-2-6-18(15-17)28-12-3-10-23-22(25)9-11-24-31(26,27)19-7-8-20-21(16-19)30-14-4-13-29-20/h2,5-8,15-16,24H,3-4,9-14H2,1H3,(H,23,25). The number of carbonyl (C=O) groups is 1. The number of hydrogen-bond donors (Lipinski definition) is 2. The third-order valence-electron chi connectivity index (χ3n) is 4.57. The summed E-state index contributed by atoms with van der Waals surface area (Å²) in [6, 6.07) is 12.3. The second-order valence-corrected chi connectivity index (χ2v) is 8.94. The quantitative estimate of drug-likeness (QED) is 0.541. The van der Waals surface area contributed by atoms with Crippen molar-refractivity contribution in [1.82, 2.24) is 10.0 Å². The van der Waals surface area contributed by atoms with Crippen LogP contribution >= 0.6 is 0 Å². The summed E-state index contributed by atoms with van der Waals surface area (Å²) in [6.45, 7) is 3.95. The molecule has 2 N–H and O–H groups in total. The SMILES string of the molecule is Cc1cccc(OCCCNC(=O)CCNS(=O)(=O)c2ccc3c(c2)OCCCO3)c1. The smallest absolute Gasteiger partial charge is 0.240 e. The van der Waals surface area contributed by atoms with Crippen LogP contribution in [-0.2, 0) is 14.8 Å². The Hall–Kier alpha value is -2.78. The van der Waals surface area contributed by atoms with E-state index in [2.05, 4.69) is 10.0 Å². The first kappa shape index (κ1) is 22.9. The summed E-state index contributed by atoms with van der Waals surface area (Å²) in [6.07, 6.45) is 1.44. The van der Waals surface area contributed by atoms with Crippen LogP contribution in [-0.4, -0.2) is 47.2 Å². The molecule has 3 rings (SSSR count). The number of fused-ring (bicyclic) bond motifs is 1. The fourth-order valence-corrected chi connectivity index (χ4v) is 4.02. The molecular formula is C22H28N2O6S. The highest BCUT2D eigenvalue weighted by Crippen LogP contribution is 2.31. The zero-order chi connectivity index (χ0) is 22.1. The number of sulfonamides is 1. The summed E-state index contributed by atoms with van der Waals surface area (Å²) in [5.74, 6) is 1.51. The average molecular weight is 449 g/mol. The Morgan fingerprint density at radius 3 is 2.68 bits per heavy atom. The summed E-state index contributed by atoms with van der Waals surface area (Å²) < 4.78 is 44.1. The van der Waals surface area contributed by atoms with E-state index in [0.29, 0.717) is 44.3 Å². The van der Waals surface area contributed by atoms with Crippen molar-refractivity contribution in [3.05, 3.63) is 48.0 Å². The molecule has 2 aromatic carbocycles. The van der Waals surface area contributed by atoms with E-state index in [1.165, 1.54) is 12.1 Å². The number of rotatable bonds is 10. The first-order valence-corrected chi connectivity index (χ1v) is 11.8. The minimum atomic E-state index is -3.75. The molecule has 0 spiro atoms. The number of benzene rings is 2. The Morgan fingerprint density at radius 1 is 1.06 bits per heavy atom. The molecule has 0 saturated heterocycles. The first-order valence-electron chi connectivity index (χ1n) is 10.3. The monoisotopic (exact) mass is 448 g/mol. The van der Waals surface area contributed by atoms with Crippen LogP contribution in [0.2, 0.25) is 0 Å². The van der Waals surface area contributed by atoms with Crippen LogP contribution in [0.25, 0.3) is 0 Å². The van der Waals surface area contributed by atoms with Gasteiger partial charge >= 0.3 is 0 Å². The van der Waals surface area contributed by atoms with Crippen molar-refractivity contribution in [1.29, 1.82) is 0 Å². The van der Waals surface area contributed by atoms with Gasteiger partial charge in [0, 0.05) is 32.0 Å². The van der Waals surface area contributed by atoms with E-state index < -0.39 is 10.0 Å². The molecule has 168 valence electrons. The van der Waals surface area contributed by atoms with Gasteiger partial charge in [0.2, 0.25) is 15.9 Å². The van der Waals surface area contributed by atoms with E-state index in [-0.39, 0.29) is 23.8 Å². The molecule has 2 aromatic rings. The zero-order valence-electron chi connectivity index (χ0n) is 17.6. The molecule has 9 heteroatoms. The summed E-state index contributed by atoms with van der Waals surface area (Å²) in [5.41, 5.74) is 1.13. The number of aryl methyl sites for hydroxylation is 1. The van der Waals surface area contributed by atoms with Gasteiger partial charge in [0.25, 0.3) is 0 Å². The van der Waals surface area contributed by atoms with E-state index in [9.17, 15) is 13.2 Å². The van der Waals surface area contributed by atoms with Gasteiger partial charge in [0.15, 0.2) is 11.5 Å². The molecule has 1 aliphatic heterocycles. The van der Waals surface area contributed by atoms with E-state index in [1.54, 1.807) is 6.07 Å². The fraction of sp³-hybridized carbons (Fsp3) is 0.409. The van der Waals surface area contributed by atoms with Crippen LogP contribution < -0.4 is 24.2 Å². The van der Waals surface area contributed by atoms with Crippen molar-refractivity contribution in [3.63, 3.8) is 0 Å². The largest absolute Gasteiger partial charge is 0.494 e. The molecule has 0 fully saturated rings. The van der Waals surface area contributed by atoms with Crippen LogP contribution in [0, 0.1) is 6.92 Å². The molecule has 0 radical (unpaired) electrons. The maximum absolute atomic E-state index is 12.5. The number of carbonyl (C=O) groups excluding carboxylic acids is 1. The van der Waals surface area contributed by atoms with Crippen molar-refractivity contribution >= 4 is 15.9 Å². The lowest BCUT2D eigenvalue weighted by molar-refractivity contribution is -0.120. The van der Waals surface area contributed by atoms with Gasteiger partial charge in [-0.1, -0.05) is 12.1 Å². The van der Waals surface area contributed by atoms with Crippen molar-refractivity contribution in [3.8, 4) is 17.2 Å². The molecule has 0 saturated carbocycles. The summed E-state index contributed by atoms with van der Waals surface area (Å²) in [7, 11) is -3.75. The summed E-state index contributed by atoms with van der Waals surface area (Å²) in [4.78, 5) is 12.0. The molecule has 0 atom stereocenters. The Kier molecular flexibility index (Phi) is 8.13. The second-order valence-electron chi connectivity index (χ2n) is 7.18. The predicted octanol–water partition coefficient (Wildman–Crippen LogP) is 2.41. The normalized spacial score (nSPS) is 13.3. The third kappa shape index (κ3) is 7.15. The lowest BCUT2D eigenvalue weighted by Gasteiger charge is -2.11. The van der Waals surface area contributed by atoms with Crippen LogP contribution in [0.15, 0.2) is 47.4 Å². The molecule has 1 aliphatic rings. The Morgan fingerprint density at radius 2 is 1.87 bits per heavy atom. The van der Waals surface area contributed by atoms with Crippen molar-refractivity contribution < 1.29 is 27.4 Å². The van der Waals surface area contributed by atoms with Gasteiger partial charge in [-0.15, -0.1) is 0 Å². The maximum atomic E-state index is 12.5. The molecule has 0 bridgehead atoms. The summed E-state index contributed by atoms with van der Waals surface area (Å²) in [5, 5.41) is 2.76. The minimum Gasteiger partial charge on any atom is -0.494 e. The second kappa shape index (κ2) is 11.0. The van der Waals surface area contributed by atoms with Crippen LogP contribution in [0.1, 0.15) is 24.8 Å². The summed E-state index contributed by atoms with van der Waals surface area (Å²) >= 11 is 0. The van der Waals surface area contributed by atoms with E-state index in [1.807, 2.05) is 31.2 Å². The topological polar surface area (TPSA) is 103 Å². The average Bonchev–Trinajstić information content (AvgIpc) is 2.98. The minimum absolute atomic E-state index is 0.00238. The first-order chi connectivity index (χ1) is 14.9. The lowest BCUT2D eigenvalue weighted by atomic mass is 10.2. The zero-order valence-corrected chi connectivity index (χ0v) is 18.4. The van der Waals surface area contributed by atoms with Gasteiger partial charge < -0.3 is 19.5 Å². The molecule has 8 nitrogen and oxygen atoms in total. The van der Waals surface area contributed by atoms with Gasteiger partial charge in [0.05, 0.1) is 24.7 Å². The van der Waals surface area contributed by atoms with Gasteiger partial charge in [-0.2, -0.15) is 0 Å². The number of ether oxygens (including phenoxy) is 3. The van der Waals surface area contributed by atoms with Gasteiger partial charge in [-0.05, 0) is 43.2 Å². The highest BCUT2D eigenvalue weighted by atomic mass is 32.2. The molecule has 0 aromatic heterocycles. The predicted molar refractivity (Wildman–Crippen MR) is 116 cm³/mol. The van der Waals surface area contributed by atoms with Gasteiger partial charge in [-0.3, -0.25) is 4.79 Å². The van der Waals surface area contributed by atoms with Gasteiger partial charge in [0.1, 0.15) is 5.75 Å². The Labute approximate surface area is 182 Å². The Bertz CT molecular complexity index is 993. The van der Waals surface area contributed by atoms with E-state index in [4.69, 9.17) is 14.2 Å². The highest BCUT2D eigenvalue weighted by Gasteiger charge is 2.18. The van der Waals surface area contributed by atoms with Crippen LogP contribution in [0.3, 0.4) is 0 Å². The molecule has 1 amide bonds. The van der Waals surface area contributed by atoms with Crippen molar-refractivity contribution in [2.45, 2.75) is 31.1 Å².